The minimum Gasteiger partial charge on any atom is -0.377 e. The monoisotopic (exact) mass is 183 g/mol. The maximum Gasteiger partial charge on any atom is 0.0716 e. The molecule has 0 unspecified atom stereocenters. The van der Waals surface area contributed by atoms with E-state index in [0.29, 0.717) is 13.2 Å². The summed E-state index contributed by atoms with van der Waals surface area (Å²) in [6, 6.07) is 7.66. The van der Waals surface area contributed by atoms with Gasteiger partial charge in [0.25, 0.3) is 0 Å². The van der Waals surface area contributed by atoms with Crippen molar-refractivity contribution in [3.63, 3.8) is 0 Å². The molecule has 0 spiro atoms. The zero-order chi connectivity index (χ0) is 8.81. The Bertz CT molecular complexity index is 218. The predicted molar refractivity (Wildman–Crippen MR) is 51.1 cm³/mol. The first-order chi connectivity index (χ1) is 5.83. The first kappa shape index (κ1) is 9.56. The molecule has 0 saturated carbocycles. The third-order valence-corrected chi connectivity index (χ3v) is 1.72. The van der Waals surface area contributed by atoms with E-state index >= 15 is 0 Å². The molecule has 1 radical (unpaired) electrons. The molecule has 0 aliphatic carbocycles. The predicted octanol–water partition coefficient (Wildman–Crippen LogP) is 3.08. The molecule has 0 amide bonds. The van der Waals surface area contributed by atoms with E-state index in [9.17, 15) is 0 Å². The van der Waals surface area contributed by atoms with Gasteiger partial charge >= 0.3 is 0 Å². The fourth-order valence-corrected chi connectivity index (χ4v) is 0.999. The van der Waals surface area contributed by atoms with Crippen LogP contribution in [0.5, 0.6) is 0 Å². The van der Waals surface area contributed by atoms with Gasteiger partial charge < -0.3 is 4.74 Å². The van der Waals surface area contributed by atoms with Crippen molar-refractivity contribution in [1.29, 1.82) is 0 Å². The third kappa shape index (κ3) is 3.24. The highest BCUT2D eigenvalue weighted by Gasteiger charge is 1.91. The van der Waals surface area contributed by atoms with Crippen LogP contribution in [0.15, 0.2) is 24.3 Å². The van der Waals surface area contributed by atoms with E-state index in [1.54, 1.807) is 0 Å². The molecule has 0 atom stereocenters. The van der Waals surface area contributed by atoms with Gasteiger partial charge in [-0.2, -0.15) is 0 Å². The third-order valence-electron chi connectivity index (χ3n) is 1.47. The Kier molecular flexibility index (Phi) is 4.12. The molecule has 0 bridgehead atoms. The molecule has 1 nitrogen and oxygen atoms in total. The van der Waals surface area contributed by atoms with E-state index in [4.69, 9.17) is 16.3 Å². The lowest BCUT2D eigenvalue weighted by molar-refractivity contribution is 0.125. The number of hydrogen-bond donors (Lipinski definition) is 0. The summed E-state index contributed by atoms with van der Waals surface area (Å²) in [5.41, 5.74) is 1.15. The van der Waals surface area contributed by atoms with Crippen molar-refractivity contribution >= 4 is 11.6 Å². The van der Waals surface area contributed by atoms with Crippen molar-refractivity contribution in [2.24, 2.45) is 0 Å². The van der Waals surface area contributed by atoms with Crippen molar-refractivity contribution in [3.8, 4) is 0 Å². The van der Waals surface area contributed by atoms with Crippen molar-refractivity contribution in [1.82, 2.24) is 0 Å². The second-order valence-corrected chi connectivity index (χ2v) is 2.97. The summed E-state index contributed by atoms with van der Waals surface area (Å²) in [6.07, 6.45) is 0.813. The van der Waals surface area contributed by atoms with Crippen LogP contribution in [0.25, 0.3) is 0 Å². The van der Waals surface area contributed by atoms with Crippen molar-refractivity contribution < 1.29 is 4.74 Å². The Labute approximate surface area is 78.3 Å². The van der Waals surface area contributed by atoms with Gasteiger partial charge in [-0.15, -0.1) is 0 Å². The molecule has 0 fully saturated rings. The smallest absolute Gasteiger partial charge is 0.0716 e. The van der Waals surface area contributed by atoms with Crippen LogP contribution in [-0.2, 0) is 11.3 Å². The summed E-state index contributed by atoms with van der Waals surface area (Å²) in [5, 5.41) is 0.760. The van der Waals surface area contributed by atoms with Crippen LogP contribution >= 0.6 is 11.6 Å². The van der Waals surface area contributed by atoms with E-state index in [1.165, 1.54) is 0 Å². The van der Waals surface area contributed by atoms with Gasteiger partial charge in [-0.05, 0) is 24.1 Å². The molecule has 0 aliphatic rings. The van der Waals surface area contributed by atoms with E-state index in [0.717, 1.165) is 17.0 Å². The zero-order valence-corrected chi connectivity index (χ0v) is 7.68. The van der Waals surface area contributed by atoms with Crippen molar-refractivity contribution in [2.75, 3.05) is 6.61 Å². The number of benzene rings is 1. The SMILES string of the molecule is [CH2]CCOCc1ccc(Cl)cc1. The maximum atomic E-state index is 5.72. The molecule has 0 saturated heterocycles. The second kappa shape index (κ2) is 5.18. The first-order valence-corrected chi connectivity index (χ1v) is 4.32. The van der Waals surface area contributed by atoms with Gasteiger partial charge in [-0.1, -0.05) is 30.7 Å². The Hall–Kier alpha value is -0.530. The van der Waals surface area contributed by atoms with E-state index < -0.39 is 0 Å². The Morgan fingerprint density at radius 3 is 2.50 bits per heavy atom. The number of hydrogen-bond acceptors (Lipinski definition) is 1. The van der Waals surface area contributed by atoms with E-state index in [2.05, 4.69) is 6.92 Å². The summed E-state index contributed by atoms with van der Waals surface area (Å²) in [6.45, 7) is 5.04. The standard InChI is InChI=1S/C10H12ClO/c1-2-7-12-8-9-3-5-10(11)6-4-9/h3-6H,1-2,7-8H2. The largest absolute Gasteiger partial charge is 0.377 e. The highest BCUT2D eigenvalue weighted by Crippen LogP contribution is 2.10. The minimum absolute atomic E-state index is 0.646. The quantitative estimate of drug-likeness (QED) is 0.652. The molecule has 0 N–H and O–H groups in total. The van der Waals surface area contributed by atoms with Gasteiger partial charge in [-0.25, -0.2) is 0 Å². The highest BCUT2D eigenvalue weighted by atomic mass is 35.5. The molecule has 2 heteroatoms. The van der Waals surface area contributed by atoms with E-state index in [1.807, 2.05) is 24.3 Å². The van der Waals surface area contributed by atoms with Gasteiger partial charge in [-0.3, -0.25) is 0 Å². The number of ether oxygens (including phenoxy) is 1. The Morgan fingerprint density at radius 2 is 1.92 bits per heavy atom. The van der Waals surface area contributed by atoms with Crippen molar-refractivity contribution in [3.05, 3.63) is 41.8 Å². The van der Waals surface area contributed by atoms with Crippen LogP contribution in [0.2, 0.25) is 5.02 Å². The number of halogens is 1. The molecule has 65 valence electrons. The van der Waals surface area contributed by atoms with Crippen molar-refractivity contribution in [2.45, 2.75) is 13.0 Å². The lowest BCUT2D eigenvalue weighted by atomic mass is 10.2. The zero-order valence-electron chi connectivity index (χ0n) is 6.92. The normalized spacial score (nSPS) is 10.2. The van der Waals surface area contributed by atoms with Crippen LogP contribution in [-0.4, -0.2) is 6.61 Å². The fourth-order valence-electron chi connectivity index (χ4n) is 0.873. The number of rotatable bonds is 4. The van der Waals surface area contributed by atoms with Gasteiger partial charge in [0, 0.05) is 11.6 Å². The first-order valence-electron chi connectivity index (χ1n) is 3.94. The fraction of sp³-hybridized carbons (Fsp3) is 0.300. The molecule has 1 aromatic carbocycles. The summed E-state index contributed by atoms with van der Waals surface area (Å²) < 4.78 is 5.30. The van der Waals surface area contributed by atoms with Gasteiger partial charge in [0.2, 0.25) is 0 Å². The average molecular weight is 184 g/mol. The summed E-state index contributed by atoms with van der Waals surface area (Å²) >= 11 is 5.72. The van der Waals surface area contributed by atoms with Gasteiger partial charge in [0.05, 0.1) is 6.61 Å². The average Bonchev–Trinajstić information content (AvgIpc) is 2.09. The molecular formula is C10H12ClO. The maximum absolute atomic E-state index is 5.72. The summed E-state index contributed by atoms with van der Waals surface area (Å²) in [5.74, 6) is 0. The lowest BCUT2D eigenvalue weighted by Crippen LogP contribution is -1.93. The molecule has 12 heavy (non-hydrogen) atoms. The molecule has 0 aromatic heterocycles. The molecule has 0 aliphatic heterocycles. The summed E-state index contributed by atoms with van der Waals surface area (Å²) in [4.78, 5) is 0. The van der Waals surface area contributed by atoms with Crippen LogP contribution in [0, 0.1) is 6.92 Å². The molecule has 1 rings (SSSR count). The Balaban J connectivity index is 2.37. The lowest BCUT2D eigenvalue weighted by Gasteiger charge is -2.01. The van der Waals surface area contributed by atoms with E-state index in [-0.39, 0.29) is 0 Å². The van der Waals surface area contributed by atoms with Crippen LogP contribution in [0.3, 0.4) is 0 Å². The topological polar surface area (TPSA) is 9.23 Å². The van der Waals surface area contributed by atoms with Gasteiger partial charge in [0.15, 0.2) is 0 Å². The molecular weight excluding hydrogens is 172 g/mol. The molecule has 0 heterocycles. The van der Waals surface area contributed by atoms with Crippen LogP contribution < -0.4 is 0 Å². The Morgan fingerprint density at radius 1 is 1.25 bits per heavy atom. The minimum atomic E-state index is 0.646. The second-order valence-electron chi connectivity index (χ2n) is 2.53. The van der Waals surface area contributed by atoms with Crippen LogP contribution in [0.1, 0.15) is 12.0 Å². The highest BCUT2D eigenvalue weighted by molar-refractivity contribution is 6.30. The van der Waals surface area contributed by atoms with Gasteiger partial charge in [0.1, 0.15) is 0 Å². The van der Waals surface area contributed by atoms with Crippen LogP contribution in [0.4, 0.5) is 0 Å². The molecule has 1 aromatic rings. The summed E-state index contributed by atoms with van der Waals surface area (Å²) in [7, 11) is 0.